The van der Waals surface area contributed by atoms with Crippen molar-refractivity contribution in [1.29, 1.82) is 0 Å². The predicted octanol–water partition coefficient (Wildman–Crippen LogP) is 12.0. The van der Waals surface area contributed by atoms with E-state index < -0.39 is 18.1 Å². The highest BCUT2D eigenvalue weighted by Crippen LogP contribution is 2.44. The first kappa shape index (κ1) is 20.8. The molecular weight excluding hydrogens is 629 g/mol. The molecule has 0 fully saturated rings. The van der Waals surface area contributed by atoms with Gasteiger partial charge in [0.15, 0.2) is 17.5 Å². The number of aromatic nitrogens is 4. The minimum Gasteiger partial charge on any atom is -0.309 e. The smallest absolute Gasteiger partial charge is 0.164 e. The molecule has 234 valence electrons. The Hall–Kier alpha value is -6.43. The second kappa shape index (κ2) is 11.6. The van der Waals surface area contributed by atoms with E-state index in [9.17, 15) is 5.48 Å². The van der Waals surface area contributed by atoms with Gasteiger partial charge in [-0.3, -0.25) is 0 Å². The van der Waals surface area contributed by atoms with Gasteiger partial charge in [0.25, 0.3) is 0 Å². The Morgan fingerprint density at radius 2 is 1.04 bits per heavy atom. The molecule has 0 saturated heterocycles. The number of nitrogens with zero attached hydrogens (tertiary/aromatic N) is 4. The molecule has 5 heteroatoms. The number of hydrogen-bond donors (Lipinski definition) is 0. The van der Waals surface area contributed by atoms with Crippen molar-refractivity contribution in [1.82, 2.24) is 19.5 Å². The molecule has 7 aromatic carbocycles. The number of hydrogen-bond acceptors (Lipinski definition) is 4. The standard InChI is InChI=1S/C45H28N4S/c1-3-14-29(15-4-1)43-46-44(30-16-5-2-6-17-30)48-45(47-43)31-26-27-34(36-21-13-22-37-35-20-9-12-25-41(35)50-42(36)37)40(28-31)49-38-23-10-7-18-32(38)33-19-8-11-24-39(33)49/h1-28H/i9D,13D,20D,21D,22D,25D,26D,27D,28D. The second-order valence-corrected chi connectivity index (χ2v) is 12.7. The van der Waals surface area contributed by atoms with E-state index in [0.29, 0.717) is 38.5 Å². The van der Waals surface area contributed by atoms with Crippen molar-refractivity contribution < 1.29 is 12.3 Å². The molecule has 0 radical (unpaired) electrons. The van der Waals surface area contributed by atoms with Gasteiger partial charge in [-0.1, -0.05) is 145 Å². The van der Waals surface area contributed by atoms with Crippen molar-refractivity contribution in [3.05, 3.63) is 170 Å². The number of fused-ring (bicyclic) bond motifs is 6. The Bertz CT molecular complexity index is 3280. The predicted molar refractivity (Wildman–Crippen MR) is 209 cm³/mol. The van der Waals surface area contributed by atoms with Crippen LogP contribution in [0.25, 0.3) is 93.0 Å². The van der Waals surface area contributed by atoms with Crippen LogP contribution in [0.4, 0.5) is 0 Å². The molecular formula is C45H28N4S. The zero-order chi connectivity index (χ0) is 40.9. The molecule has 0 spiro atoms. The average molecular weight is 666 g/mol. The highest BCUT2D eigenvalue weighted by Gasteiger charge is 2.20. The van der Waals surface area contributed by atoms with Crippen LogP contribution >= 0.6 is 11.3 Å². The van der Waals surface area contributed by atoms with E-state index in [1.165, 1.54) is 6.07 Å². The maximum Gasteiger partial charge on any atom is 0.164 e. The SMILES string of the molecule is [2H]c1cc([2H])c2sc3c(-c4c([2H])c([2H])c(-c5nc(-c6ccccc6)nc(-c6ccccc6)n5)c([2H])c4-n4c5ccccc5c5ccccc54)c([2H])c([2H])c([2H])c3c2c1[2H]. The van der Waals surface area contributed by atoms with E-state index in [4.69, 9.17) is 21.8 Å². The monoisotopic (exact) mass is 665 g/mol. The fourth-order valence-electron chi connectivity index (χ4n) is 6.49. The van der Waals surface area contributed by atoms with Crippen molar-refractivity contribution in [2.75, 3.05) is 0 Å². The normalized spacial score (nSPS) is 14.1. The molecule has 0 saturated carbocycles. The Balaban J connectivity index is 1.40. The summed E-state index contributed by atoms with van der Waals surface area (Å²) in [7, 11) is 0. The topological polar surface area (TPSA) is 43.6 Å². The fourth-order valence-corrected chi connectivity index (χ4v) is 7.57. The van der Waals surface area contributed by atoms with Crippen molar-refractivity contribution in [2.45, 2.75) is 0 Å². The first-order chi connectivity index (χ1) is 28.5. The Labute approximate surface area is 305 Å². The summed E-state index contributed by atoms with van der Waals surface area (Å²) in [6.07, 6.45) is 0. The Morgan fingerprint density at radius 1 is 0.460 bits per heavy atom. The highest BCUT2D eigenvalue weighted by molar-refractivity contribution is 7.26. The molecule has 4 nitrogen and oxygen atoms in total. The number of para-hydroxylation sites is 2. The lowest BCUT2D eigenvalue weighted by atomic mass is 9.98. The van der Waals surface area contributed by atoms with Gasteiger partial charge in [0.2, 0.25) is 0 Å². The van der Waals surface area contributed by atoms with Gasteiger partial charge in [-0.25, -0.2) is 15.0 Å². The minimum absolute atomic E-state index is 0.00348. The van der Waals surface area contributed by atoms with E-state index in [1.807, 2.05) is 114 Å². The molecule has 0 amide bonds. The summed E-state index contributed by atoms with van der Waals surface area (Å²) < 4.78 is 85.8. The first-order valence-corrected chi connectivity index (χ1v) is 16.8. The van der Waals surface area contributed by atoms with Crippen LogP contribution in [-0.4, -0.2) is 19.5 Å². The molecule has 0 aliphatic rings. The van der Waals surface area contributed by atoms with Crippen LogP contribution in [0.3, 0.4) is 0 Å². The largest absolute Gasteiger partial charge is 0.309 e. The summed E-state index contributed by atoms with van der Waals surface area (Å²) in [4.78, 5) is 14.5. The van der Waals surface area contributed by atoms with Crippen LogP contribution in [0, 0.1) is 0 Å². The summed E-state index contributed by atoms with van der Waals surface area (Å²) in [5.41, 5.74) is 2.82. The zero-order valence-electron chi connectivity index (χ0n) is 35.2. The molecule has 10 rings (SSSR count). The fraction of sp³-hybridized carbons (Fsp3) is 0. The Morgan fingerprint density at radius 3 is 1.70 bits per heavy atom. The molecule has 0 unspecified atom stereocenters. The number of benzene rings is 7. The van der Waals surface area contributed by atoms with Crippen LogP contribution < -0.4 is 0 Å². The zero-order valence-corrected chi connectivity index (χ0v) is 27.0. The van der Waals surface area contributed by atoms with E-state index in [2.05, 4.69) is 0 Å². The van der Waals surface area contributed by atoms with E-state index in [0.717, 1.165) is 22.1 Å². The van der Waals surface area contributed by atoms with Gasteiger partial charge in [0, 0.05) is 58.8 Å². The third-order valence-corrected chi connectivity index (χ3v) is 9.89. The molecule has 50 heavy (non-hydrogen) atoms. The molecule has 0 bridgehead atoms. The van der Waals surface area contributed by atoms with Gasteiger partial charge < -0.3 is 4.57 Å². The number of rotatable bonds is 5. The summed E-state index contributed by atoms with van der Waals surface area (Å²) in [5.74, 6) is 0.605. The summed E-state index contributed by atoms with van der Waals surface area (Å²) in [6, 6.07) is 32.4. The van der Waals surface area contributed by atoms with Crippen LogP contribution in [0.2, 0.25) is 0 Å². The molecule has 0 aliphatic carbocycles. The maximum atomic E-state index is 10.2. The third-order valence-electron chi connectivity index (χ3n) is 8.75. The second-order valence-electron chi connectivity index (χ2n) is 11.7. The van der Waals surface area contributed by atoms with Gasteiger partial charge in [-0.2, -0.15) is 0 Å². The molecule has 3 heterocycles. The van der Waals surface area contributed by atoms with Crippen LogP contribution in [0.1, 0.15) is 12.3 Å². The molecule has 0 atom stereocenters. The van der Waals surface area contributed by atoms with Crippen molar-refractivity contribution in [2.24, 2.45) is 0 Å². The highest BCUT2D eigenvalue weighted by atomic mass is 32.1. The lowest BCUT2D eigenvalue weighted by Gasteiger charge is -2.17. The van der Waals surface area contributed by atoms with Gasteiger partial charge in [-0.05, 0) is 24.2 Å². The molecule has 10 aromatic rings. The van der Waals surface area contributed by atoms with Gasteiger partial charge in [-0.15, -0.1) is 11.3 Å². The van der Waals surface area contributed by atoms with Crippen LogP contribution in [-0.2, 0) is 0 Å². The van der Waals surface area contributed by atoms with Crippen LogP contribution in [0.5, 0.6) is 0 Å². The molecule has 3 aromatic heterocycles. The Kier molecular flexibility index (Phi) is 4.84. The van der Waals surface area contributed by atoms with Crippen molar-refractivity contribution in [3.8, 4) is 51.0 Å². The van der Waals surface area contributed by atoms with Crippen molar-refractivity contribution in [3.63, 3.8) is 0 Å². The van der Waals surface area contributed by atoms with E-state index in [-0.39, 0.29) is 79.9 Å². The van der Waals surface area contributed by atoms with Gasteiger partial charge >= 0.3 is 0 Å². The summed E-state index contributed by atoms with van der Waals surface area (Å²) >= 11 is 1.04. The van der Waals surface area contributed by atoms with Gasteiger partial charge in [0.05, 0.1) is 29.1 Å². The first-order valence-electron chi connectivity index (χ1n) is 20.5. The average Bonchev–Trinajstić information content (AvgIpc) is 3.82. The van der Waals surface area contributed by atoms with Gasteiger partial charge in [0.1, 0.15) is 0 Å². The number of thiophene rings is 1. The molecule has 0 N–H and O–H groups in total. The lowest BCUT2D eigenvalue weighted by Crippen LogP contribution is -2.02. The summed E-state index contributed by atoms with van der Waals surface area (Å²) in [5, 5.41) is 1.97. The van der Waals surface area contributed by atoms with Crippen molar-refractivity contribution >= 4 is 53.3 Å². The minimum atomic E-state index is -0.485. The lowest BCUT2D eigenvalue weighted by molar-refractivity contribution is 1.07. The third kappa shape index (κ3) is 4.63. The maximum absolute atomic E-state index is 10.2. The van der Waals surface area contributed by atoms with E-state index in [1.54, 1.807) is 0 Å². The van der Waals surface area contributed by atoms with Crippen LogP contribution in [0.15, 0.2) is 170 Å². The molecule has 0 aliphatic heterocycles. The quantitative estimate of drug-likeness (QED) is 0.184. The van der Waals surface area contributed by atoms with E-state index >= 15 is 0 Å². The summed E-state index contributed by atoms with van der Waals surface area (Å²) in [6.45, 7) is 0.